The Bertz CT molecular complexity index is 1110. The molecule has 2 aromatic carbocycles. The van der Waals surface area contributed by atoms with Gasteiger partial charge in [0.05, 0.1) is 24.8 Å². The molecule has 1 fully saturated rings. The fourth-order valence-corrected chi connectivity index (χ4v) is 4.11. The van der Waals surface area contributed by atoms with E-state index in [0.29, 0.717) is 49.0 Å². The number of hydrogen-bond donors (Lipinski definition) is 2. The smallest absolute Gasteiger partial charge is 0.295 e. The molecule has 3 rings (SSSR count). The highest BCUT2D eigenvalue weighted by Gasteiger charge is 2.46. The van der Waals surface area contributed by atoms with Crippen LogP contribution < -0.4 is 9.47 Å². The summed E-state index contributed by atoms with van der Waals surface area (Å²) < 4.78 is 11.2. The van der Waals surface area contributed by atoms with E-state index in [2.05, 4.69) is 13.8 Å². The molecule has 8 heteroatoms. The van der Waals surface area contributed by atoms with Gasteiger partial charge in [-0.15, -0.1) is 0 Å². The fourth-order valence-electron chi connectivity index (χ4n) is 4.11. The number of carbonyl (C=O) groups excluding carboxylic acids is 2. The number of amides is 1. The van der Waals surface area contributed by atoms with Crippen molar-refractivity contribution in [3.63, 3.8) is 0 Å². The number of benzene rings is 2. The Morgan fingerprint density at radius 3 is 2.39 bits per heavy atom. The Kier molecular flexibility index (Phi) is 8.98. The number of aliphatic hydroxyl groups is 1. The third kappa shape index (κ3) is 6.18. The number of phenolic OH excluding ortho intramolecular Hbond substituents is 1. The molecule has 1 saturated heterocycles. The van der Waals surface area contributed by atoms with E-state index in [-0.39, 0.29) is 22.8 Å². The summed E-state index contributed by atoms with van der Waals surface area (Å²) >= 11 is 0. The van der Waals surface area contributed by atoms with Gasteiger partial charge in [0.1, 0.15) is 11.5 Å². The van der Waals surface area contributed by atoms with Crippen molar-refractivity contribution in [3.05, 3.63) is 59.2 Å². The quantitative estimate of drug-likeness (QED) is 0.273. The minimum absolute atomic E-state index is 0.00819. The van der Waals surface area contributed by atoms with E-state index in [4.69, 9.17) is 9.47 Å². The number of rotatable bonds is 11. The van der Waals surface area contributed by atoms with Crippen LogP contribution in [0.4, 0.5) is 0 Å². The van der Waals surface area contributed by atoms with Crippen molar-refractivity contribution in [1.82, 2.24) is 9.80 Å². The van der Waals surface area contributed by atoms with E-state index in [9.17, 15) is 19.8 Å². The van der Waals surface area contributed by atoms with Gasteiger partial charge in [-0.2, -0.15) is 0 Å². The van der Waals surface area contributed by atoms with Crippen LogP contribution in [0.3, 0.4) is 0 Å². The number of Topliss-reactive ketones (excluding diaryl/α,β-unsaturated/α-hetero) is 1. The zero-order valence-corrected chi connectivity index (χ0v) is 21.7. The summed E-state index contributed by atoms with van der Waals surface area (Å²) in [6.45, 7) is 7.87. The Balaban J connectivity index is 2.05. The third-order valence-corrected chi connectivity index (χ3v) is 5.85. The maximum Gasteiger partial charge on any atom is 0.295 e. The van der Waals surface area contributed by atoms with Crippen molar-refractivity contribution in [2.45, 2.75) is 33.2 Å². The number of aliphatic hydroxyl groups excluding tert-OH is 1. The van der Waals surface area contributed by atoms with Gasteiger partial charge in [-0.3, -0.25) is 9.59 Å². The van der Waals surface area contributed by atoms with Crippen LogP contribution in [0.1, 0.15) is 44.4 Å². The molecule has 1 atom stereocenters. The predicted octanol–water partition coefficient (Wildman–Crippen LogP) is 4.20. The third-order valence-electron chi connectivity index (χ3n) is 5.85. The molecule has 1 aliphatic rings. The van der Waals surface area contributed by atoms with E-state index in [0.717, 1.165) is 6.54 Å². The lowest BCUT2D eigenvalue weighted by atomic mass is 9.95. The van der Waals surface area contributed by atoms with Crippen LogP contribution in [0, 0.1) is 5.92 Å². The molecule has 0 aromatic heterocycles. The predicted molar refractivity (Wildman–Crippen MR) is 138 cm³/mol. The van der Waals surface area contributed by atoms with E-state index >= 15 is 0 Å². The molecule has 1 aliphatic heterocycles. The summed E-state index contributed by atoms with van der Waals surface area (Å²) in [5.41, 5.74) is 0.986. The monoisotopic (exact) mass is 496 g/mol. The number of likely N-dealkylation sites (tertiary alicyclic amines) is 1. The van der Waals surface area contributed by atoms with Gasteiger partial charge in [0.15, 0.2) is 11.5 Å². The first-order chi connectivity index (χ1) is 17.1. The molecule has 0 aliphatic carbocycles. The van der Waals surface area contributed by atoms with Gasteiger partial charge in [0, 0.05) is 12.1 Å². The Morgan fingerprint density at radius 2 is 1.78 bits per heavy atom. The molecule has 0 bridgehead atoms. The summed E-state index contributed by atoms with van der Waals surface area (Å²) in [7, 11) is 3.88. The van der Waals surface area contributed by atoms with Crippen LogP contribution in [0.2, 0.25) is 0 Å². The maximum atomic E-state index is 13.2. The number of ether oxygens (including phenoxy) is 2. The van der Waals surface area contributed by atoms with Gasteiger partial charge >= 0.3 is 0 Å². The van der Waals surface area contributed by atoms with Gasteiger partial charge in [-0.25, -0.2) is 0 Å². The van der Waals surface area contributed by atoms with Crippen LogP contribution in [0.25, 0.3) is 5.76 Å². The van der Waals surface area contributed by atoms with Gasteiger partial charge in [0.25, 0.3) is 11.7 Å². The molecular weight excluding hydrogens is 460 g/mol. The minimum Gasteiger partial charge on any atom is -0.507 e. The van der Waals surface area contributed by atoms with Crippen molar-refractivity contribution in [1.29, 1.82) is 0 Å². The largest absolute Gasteiger partial charge is 0.507 e. The highest BCUT2D eigenvalue weighted by atomic mass is 16.5. The number of aromatic hydroxyl groups is 1. The van der Waals surface area contributed by atoms with Gasteiger partial charge in [0.2, 0.25) is 0 Å². The molecule has 36 heavy (non-hydrogen) atoms. The molecule has 8 nitrogen and oxygen atoms in total. The summed E-state index contributed by atoms with van der Waals surface area (Å²) in [4.78, 5) is 29.8. The number of carbonyl (C=O) groups is 2. The molecule has 0 radical (unpaired) electrons. The first kappa shape index (κ1) is 27.1. The second-order valence-electron chi connectivity index (χ2n) is 9.54. The number of phenols is 1. The van der Waals surface area contributed by atoms with Crippen LogP contribution in [-0.2, 0) is 9.59 Å². The van der Waals surface area contributed by atoms with Gasteiger partial charge in [-0.1, -0.05) is 19.9 Å². The van der Waals surface area contributed by atoms with E-state index in [1.54, 1.807) is 43.3 Å². The fraction of sp³-hybridized carbons (Fsp3) is 0.429. The lowest BCUT2D eigenvalue weighted by Crippen LogP contribution is -2.32. The highest BCUT2D eigenvalue weighted by molar-refractivity contribution is 6.46. The van der Waals surface area contributed by atoms with Crippen LogP contribution in [0.5, 0.6) is 17.2 Å². The molecule has 1 heterocycles. The van der Waals surface area contributed by atoms with Gasteiger partial charge < -0.3 is 29.5 Å². The molecule has 2 N–H and O–H groups in total. The van der Waals surface area contributed by atoms with Crippen LogP contribution in [0.15, 0.2) is 48.0 Å². The standard InChI is InChI=1S/C28H36N2O6/c1-6-35-23-16-20(10-13-22(23)31)25-24(27(33)28(34)30(25)15-7-14-29(4)5)26(32)19-8-11-21(12-9-19)36-17-18(2)3/h8-13,16,18,25,31-32H,6-7,14-15,17H2,1-5H3/b26-24+/t25-/m1/s1. The summed E-state index contributed by atoms with van der Waals surface area (Å²) in [5.74, 6) is -0.427. The van der Waals surface area contributed by atoms with Crippen molar-refractivity contribution >= 4 is 17.4 Å². The first-order valence-electron chi connectivity index (χ1n) is 12.3. The number of ketones is 1. The van der Waals surface area contributed by atoms with E-state index in [1.807, 2.05) is 19.0 Å². The Hall–Kier alpha value is -3.52. The maximum absolute atomic E-state index is 13.2. The number of nitrogens with zero attached hydrogens (tertiary/aromatic N) is 2. The lowest BCUT2D eigenvalue weighted by Gasteiger charge is -2.26. The van der Waals surface area contributed by atoms with Crippen LogP contribution in [-0.4, -0.2) is 72.1 Å². The van der Waals surface area contributed by atoms with E-state index in [1.165, 1.54) is 11.0 Å². The summed E-state index contributed by atoms with van der Waals surface area (Å²) in [5, 5.41) is 21.4. The zero-order valence-electron chi connectivity index (χ0n) is 21.7. The minimum atomic E-state index is -0.816. The molecule has 1 amide bonds. The molecule has 0 spiro atoms. The Labute approximate surface area is 212 Å². The average molecular weight is 497 g/mol. The van der Waals surface area contributed by atoms with Crippen molar-refractivity contribution in [2.75, 3.05) is 40.4 Å². The average Bonchev–Trinajstić information content (AvgIpc) is 3.09. The second-order valence-corrected chi connectivity index (χ2v) is 9.54. The molecular formula is C28H36N2O6. The molecule has 0 saturated carbocycles. The first-order valence-corrected chi connectivity index (χ1v) is 12.3. The van der Waals surface area contributed by atoms with Crippen LogP contribution >= 0.6 is 0 Å². The topological polar surface area (TPSA) is 99.5 Å². The highest BCUT2D eigenvalue weighted by Crippen LogP contribution is 2.42. The SMILES string of the molecule is CCOc1cc([C@@H]2/C(=C(\O)c3ccc(OCC(C)C)cc3)C(=O)C(=O)N2CCCN(C)C)ccc1O. The Morgan fingerprint density at radius 1 is 1.08 bits per heavy atom. The normalized spacial score (nSPS) is 17.3. The lowest BCUT2D eigenvalue weighted by molar-refractivity contribution is -0.139. The van der Waals surface area contributed by atoms with Crippen molar-refractivity contribution in [3.8, 4) is 17.2 Å². The van der Waals surface area contributed by atoms with E-state index < -0.39 is 17.7 Å². The van der Waals surface area contributed by atoms with Crippen molar-refractivity contribution in [2.24, 2.45) is 5.92 Å². The van der Waals surface area contributed by atoms with Gasteiger partial charge in [-0.05, 0) is 81.9 Å². The molecule has 2 aromatic rings. The molecule has 194 valence electrons. The zero-order chi connectivity index (χ0) is 26.4. The summed E-state index contributed by atoms with van der Waals surface area (Å²) in [6, 6.07) is 10.7. The van der Waals surface area contributed by atoms with Crippen molar-refractivity contribution < 1.29 is 29.3 Å². The molecule has 0 unspecified atom stereocenters. The second kappa shape index (κ2) is 11.9. The number of hydrogen-bond acceptors (Lipinski definition) is 7. The summed E-state index contributed by atoms with van der Waals surface area (Å²) in [6.07, 6.45) is 0.648.